The van der Waals surface area contributed by atoms with E-state index in [1.165, 1.54) is 11.3 Å². The highest BCUT2D eigenvalue weighted by Crippen LogP contribution is 2.24. The number of amides is 1. The molecule has 2 aromatic rings. The van der Waals surface area contributed by atoms with Crippen LogP contribution < -0.4 is 5.32 Å². The van der Waals surface area contributed by atoms with E-state index < -0.39 is 18.9 Å². The number of hydrogen-bond donors (Lipinski definition) is 1. The normalized spacial score (nSPS) is 11.2. The Bertz CT molecular complexity index is 585. The second-order valence-corrected chi connectivity index (χ2v) is 4.63. The smallest absolute Gasteiger partial charge is 0.422 e. The zero-order chi connectivity index (χ0) is 14.6. The number of aromatic nitrogens is 1. The van der Waals surface area contributed by atoms with Crippen LogP contribution in [-0.2, 0) is 4.74 Å². The summed E-state index contributed by atoms with van der Waals surface area (Å²) in [5.41, 5.74) is 1.10. The average Bonchev–Trinajstić information content (AvgIpc) is 2.90. The maximum atomic E-state index is 11.9. The van der Waals surface area contributed by atoms with Crippen LogP contribution in [0, 0.1) is 0 Å². The van der Waals surface area contributed by atoms with Gasteiger partial charge in [0.05, 0.1) is 0 Å². The Morgan fingerprint density at radius 1 is 1.40 bits per heavy atom. The lowest BCUT2D eigenvalue weighted by Crippen LogP contribution is -2.23. The van der Waals surface area contributed by atoms with Crippen LogP contribution in [-0.4, -0.2) is 23.9 Å². The number of anilines is 1. The molecule has 106 valence electrons. The first-order valence-corrected chi connectivity index (χ1v) is 6.32. The Kier molecular flexibility index (Phi) is 4.23. The number of alkyl halides is 3. The number of ether oxygens (including phenoxy) is 1. The van der Waals surface area contributed by atoms with Gasteiger partial charge >= 0.3 is 12.3 Å². The van der Waals surface area contributed by atoms with Crippen LogP contribution in [0.2, 0.25) is 0 Å². The SMILES string of the molecule is O=C(Nc1cccc(-c2nccs2)c1)OCC(F)(F)F. The third-order valence-electron chi connectivity index (χ3n) is 2.16. The molecule has 1 amide bonds. The monoisotopic (exact) mass is 302 g/mol. The molecule has 0 aliphatic carbocycles. The summed E-state index contributed by atoms with van der Waals surface area (Å²) in [6, 6.07) is 6.60. The Balaban J connectivity index is 2.00. The fourth-order valence-electron chi connectivity index (χ4n) is 1.40. The van der Waals surface area contributed by atoms with Gasteiger partial charge in [-0.25, -0.2) is 9.78 Å². The van der Waals surface area contributed by atoms with Crippen LogP contribution in [0.25, 0.3) is 10.6 Å². The van der Waals surface area contributed by atoms with Gasteiger partial charge in [0.1, 0.15) is 5.01 Å². The first kappa shape index (κ1) is 14.3. The van der Waals surface area contributed by atoms with Crippen molar-refractivity contribution in [1.82, 2.24) is 4.98 Å². The van der Waals surface area contributed by atoms with Gasteiger partial charge in [-0.1, -0.05) is 12.1 Å². The number of rotatable bonds is 3. The van der Waals surface area contributed by atoms with Gasteiger partial charge in [-0.05, 0) is 12.1 Å². The molecule has 0 bridgehead atoms. The van der Waals surface area contributed by atoms with Crippen molar-refractivity contribution in [1.29, 1.82) is 0 Å². The molecule has 2 rings (SSSR count). The van der Waals surface area contributed by atoms with E-state index in [1.54, 1.807) is 35.8 Å². The van der Waals surface area contributed by atoms with E-state index in [9.17, 15) is 18.0 Å². The number of nitrogens with zero attached hydrogens (tertiary/aromatic N) is 1. The van der Waals surface area contributed by atoms with Crippen molar-refractivity contribution in [3.05, 3.63) is 35.8 Å². The fourth-order valence-corrected chi connectivity index (χ4v) is 2.03. The van der Waals surface area contributed by atoms with Crippen LogP contribution in [0.4, 0.5) is 23.7 Å². The third-order valence-corrected chi connectivity index (χ3v) is 2.98. The molecule has 0 fully saturated rings. The predicted octanol–water partition coefficient (Wildman–Crippen LogP) is 3.92. The maximum Gasteiger partial charge on any atom is 0.422 e. The summed E-state index contributed by atoms with van der Waals surface area (Å²) < 4.78 is 39.7. The molecule has 0 aliphatic heterocycles. The first-order valence-electron chi connectivity index (χ1n) is 5.44. The zero-order valence-electron chi connectivity index (χ0n) is 9.98. The molecule has 8 heteroatoms. The molecule has 20 heavy (non-hydrogen) atoms. The minimum Gasteiger partial charge on any atom is -0.440 e. The van der Waals surface area contributed by atoms with E-state index in [-0.39, 0.29) is 0 Å². The Labute approximate surface area is 116 Å². The van der Waals surface area contributed by atoms with Crippen molar-refractivity contribution >= 4 is 23.1 Å². The molecule has 4 nitrogen and oxygen atoms in total. The van der Waals surface area contributed by atoms with Gasteiger partial charge < -0.3 is 4.74 Å². The predicted molar refractivity (Wildman–Crippen MR) is 68.6 cm³/mol. The fraction of sp³-hybridized carbons (Fsp3) is 0.167. The average molecular weight is 302 g/mol. The lowest BCUT2D eigenvalue weighted by Gasteiger charge is -2.09. The molecule has 0 saturated heterocycles. The van der Waals surface area contributed by atoms with Crippen LogP contribution in [0.3, 0.4) is 0 Å². The molecule has 1 heterocycles. The molecule has 0 radical (unpaired) electrons. The lowest BCUT2D eigenvalue weighted by molar-refractivity contribution is -0.159. The quantitative estimate of drug-likeness (QED) is 0.935. The van der Waals surface area contributed by atoms with Crippen LogP contribution in [0.15, 0.2) is 35.8 Å². The van der Waals surface area contributed by atoms with E-state index in [0.29, 0.717) is 5.69 Å². The van der Waals surface area contributed by atoms with Gasteiger partial charge in [0, 0.05) is 22.8 Å². The molecule has 1 aromatic carbocycles. The summed E-state index contributed by atoms with van der Waals surface area (Å²) in [6.45, 7) is -1.62. The molecule has 0 saturated carbocycles. The van der Waals surface area contributed by atoms with Crippen molar-refractivity contribution in [2.24, 2.45) is 0 Å². The maximum absolute atomic E-state index is 11.9. The van der Waals surface area contributed by atoms with E-state index in [0.717, 1.165) is 10.6 Å². The summed E-state index contributed by atoms with van der Waals surface area (Å²) in [7, 11) is 0. The number of nitrogens with one attached hydrogen (secondary N) is 1. The van der Waals surface area contributed by atoms with Crippen LogP contribution in [0.1, 0.15) is 0 Å². The lowest BCUT2D eigenvalue weighted by atomic mass is 10.2. The molecule has 1 N–H and O–H groups in total. The standard InChI is InChI=1S/C12H9F3N2O2S/c13-12(14,15)7-19-11(18)17-9-3-1-2-8(6-9)10-16-4-5-20-10/h1-6H,7H2,(H,17,18). The van der Waals surface area contributed by atoms with Crippen molar-refractivity contribution in [2.45, 2.75) is 6.18 Å². The molecule has 0 atom stereocenters. The summed E-state index contributed by atoms with van der Waals surface area (Å²) in [5.74, 6) is 0. The zero-order valence-corrected chi connectivity index (χ0v) is 10.8. The van der Waals surface area contributed by atoms with Crippen LogP contribution in [0.5, 0.6) is 0 Å². The van der Waals surface area contributed by atoms with Gasteiger partial charge in [-0.15, -0.1) is 11.3 Å². The van der Waals surface area contributed by atoms with Gasteiger partial charge in [0.2, 0.25) is 0 Å². The number of halogens is 3. The molecule has 0 aliphatic rings. The van der Waals surface area contributed by atoms with E-state index in [1.807, 2.05) is 0 Å². The third kappa shape index (κ3) is 4.23. The molecule has 0 spiro atoms. The van der Waals surface area contributed by atoms with Crippen molar-refractivity contribution < 1.29 is 22.7 Å². The number of carbonyl (C=O) groups is 1. The summed E-state index contributed by atoms with van der Waals surface area (Å²) >= 11 is 1.41. The van der Waals surface area contributed by atoms with E-state index >= 15 is 0 Å². The van der Waals surface area contributed by atoms with E-state index in [2.05, 4.69) is 15.0 Å². The van der Waals surface area contributed by atoms with Gasteiger partial charge in [0.25, 0.3) is 0 Å². The number of thiazole rings is 1. The molecule has 0 unspecified atom stereocenters. The van der Waals surface area contributed by atoms with Crippen molar-refractivity contribution in [3.8, 4) is 10.6 Å². The van der Waals surface area contributed by atoms with Crippen molar-refractivity contribution in [2.75, 3.05) is 11.9 Å². The highest BCUT2D eigenvalue weighted by Gasteiger charge is 2.29. The molecule has 1 aromatic heterocycles. The van der Waals surface area contributed by atoms with Crippen LogP contribution >= 0.6 is 11.3 Å². The second kappa shape index (κ2) is 5.91. The minimum absolute atomic E-state index is 0.338. The highest BCUT2D eigenvalue weighted by molar-refractivity contribution is 7.13. The Hall–Kier alpha value is -2.09. The number of hydrogen-bond acceptors (Lipinski definition) is 4. The Morgan fingerprint density at radius 3 is 2.85 bits per heavy atom. The van der Waals surface area contributed by atoms with Gasteiger partial charge in [0.15, 0.2) is 6.61 Å². The first-order chi connectivity index (χ1) is 9.44. The van der Waals surface area contributed by atoms with Gasteiger partial charge in [-0.2, -0.15) is 13.2 Å². The highest BCUT2D eigenvalue weighted by atomic mass is 32.1. The molecular weight excluding hydrogens is 293 g/mol. The number of benzene rings is 1. The van der Waals surface area contributed by atoms with E-state index in [4.69, 9.17) is 0 Å². The second-order valence-electron chi connectivity index (χ2n) is 3.73. The summed E-state index contributed by atoms with van der Waals surface area (Å²) in [5, 5.41) is 4.78. The summed E-state index contributed by atoms with van der Waals surface area (Å²) in [6.07, 6.45) is -4.06. The van der Waals surface area contributed by atoms with Crippen molar-refractivity contribution in [3.63, 3.8) is 0 Å². The summed E-state index contributed by atoms with van der Waals surface area (Å²) in [4.78, 5) is 15.3. The Morgan fingerprint density at radius 2 is 2.20 bits per heavy atom. The topological polar surface area (TPSA) is 51.2 Å². The minimum atomic E-state index is -4.54. The van der Waals surface area contributed by atoms with Gasteiger partial charge in [-0.3, -0.25) is 5.32 Å². The molecular formula is C12H9F3N2O2S. The largest absolute Gasteiger partial charge is 0.440 e. The number of carbonyl (C=O) groups excluding carboxylic acids is 1.